The number of carbonyl (C=O) groups is 2. The van der Waals surface area contributed by atoms with Crippen molar-refractivity contribution in [1.82, 2.24) is 14.8 Å². The van der Waals surface area contributed by atoms with Crippen LogP contribution in [0.1, 0.15) is 52.0 Å². The molecule has 2 amide bonds. The van der Waals surface area contributed by atoms with E-state index in [-0.39, 0.29) is 11.8 Å². The summed E-state index contributed by atoms with van der Waals surface area (Å²) in [6.07, 6.45) is 7.21. The fourth-order valence-corrected chi connectivity index (χ4v) is 4.91. The lowest BCUT2D eigenvalue weighted by Gasteiger charge is -2.18. The number of ether oxygens (including phenoxy) is 1. The number of likely N-dealkylation sites (tertiary alicyclic amines) is 1. The summed E-state index contributed by atoms with van der Waals surface area (Å²) in [6.45, 7) is 2.16. The average molecular weight is 432 g/mol. The van der Waals surface area contributed by atoms with Crippen LogP contribution < -0.4 is 4.74 Å². The van der Waals surface area contributed by atoms with Gasteiger partial charge < -0.3 is 14.6 Å². The molecule has 32 heavy (non-hydrogen) atoms. The first kappa shape index (κ1) is 20.8. The van der Waals surface area contributed by atoms with Crippen LogP contribution in [0.2, 0.25) is 0 Å². The maximum atomic E-state index is 12.4. The summed E-state index contributed by atoms with van der Waals surface area (Å²) < 4.78 is 6.00. The van der Waals surface area contributed by atoms with E-state index in [1.165, 1.54) is 35.2 Å². The van der Waals surface area contributed by atoms with Gasteiger partial charge in [-0.05, 0) is 81.6 Å². The molecule has 2 aliphatic heterocycles. The highest BCUT2D eigenvalue weighted by Gasteiger charge is 2.34. The normalized spacial score (nSPS) is 18.7. The number of hydrogen-bond acceptors (Lipinski definition) is 4. The maximum absolute atomic E-state index is 12.4. The first-order chi connectivity index (χ1) is 15.6. The predicted octanol–water partition coefficient (Wildman–Crippen LogP) is 4.26. The van der Waals surface area contributed by atoms with Crippen molar-refractivity contribution in [3.63, 3.8) is 0 Å². The molecule has 166 valence electrons. The van der Waals surface area contributed by atoms with E-state index >= 15 is 0 Å². The van der Waals surface area contributed by atoms with Gasteiger partial charge in [-0.1, -0.05) is 12.1 Å². The van der Waals surface area contributed by atoms with E-state index in [0.717, 1.165) is 30.5 Å². The van der Waals surface area contributed by atoms with E-state index in [0.29, 0.717) is 30.3 Å². The number of likely N-dealkylation sites (N-methyl/N-ethyl adjacent to an activating group) is 1. The molecule has 1 N–H and O–H groups in total. The van der Waals surface area contributed by atoms with Gasteiger partial charge in [0.25, 0.3) is 11.8 Å². The number of fused-ring (bicyclic) bond motifs is 2. The first-order valence-electron chi connectivity index (χ1n) is 11.5. The van der Waals surface area contributed by atoms with Crippen LogP contribution >= 0.6 is 0 Å². The Kier molecular flexibility index (Phi) is 5.70. The highest BCUT2D eigenvalue weighted by molar-refractivity contribution is 6.21. The first-order valence-corrected chi connectivity index (χ1v) is 11.5. The molecule has 2 aromatic carbocycles. The Bertz CT molecular complexity index is 1120. The van der Waals surface area contributed by atoms with Gasteiger partial charge in [0, 0.05) is 29.7 Å². The van der Waals surface area contributed by atoms with Crippen molar-refractivity contribution in [3.05, 3.63) is 65.4 Å². The van der Waals surface area contributed by atoms with Crippen LogP contribution in [0.3, 0.4) is 0 Å². The molecule has 1 saturated heterocycles. The summed E-state index contributed by atoms with van der Waals surface area (Å²) >= 11 is 0. The molecule has 1 aromatic heterocycles. The number of benzene rings is 2. The number of nitrogens with one attached hydrogen (secondary N) is 1. The third-order valence-corrected chi connectivity index (χ3v) is 6.79. The number of unbranched alkanes of at least 4 members (excludes halogenated alkanes) is 1. The SMILES string of the molecule is CN1CCC[C@@H]1Cc1c[nH]c2ccc(OCCCCN3C(=O)c4ccccc4C3=O)cc12. The number of carbonyl (C=O) groups excluding carboxylic acids is 2. The summed E-state index contributed by atoms with van der Waals surface area (Å²) in [5, 5.41) is 1.23. The van der Waals surface area contributed by atoms with E-state index in [4.69, 9.17) is 4.74 Å². The van der Waals surface area contributed by atoms with Crippen LogP contribution in [-0.4, -0.2) is 59.4 Å². The van der Waals surface area contributed by atoms with E-state index in [1.54, 1.807) is 24.3 Å². The van der Waals surface area contributed by atoms with E-state index in [1.807, 2.05) is 6.07 Å². The van der Waals surface area contributed by atoms with Gasteiger partial charge in [0.2, 0.25) is 0 Å². The lowest BCUT2D eigenvalue weighted by molar-refractivity contribution is 0.0649. The van der Waals surface area contributed by atoms with E-state index in [2.05, 4.69) is 35.3 Å². The van der Waals surface area contributed by atoms with Gasteiger partial charge in [0.05, 0.1) is 17.7 Å². The minimum absolute atomic E-state index is 0.190. The minimum atomic E-state index is -0.190. The van der Waals surface area contributed by atoms with Gasteiger partial charge in [-0.3, -0.25) is 14.5 Å². The highest BCUT2D eigenvalue weighted by Crippen LogP contribution is 2.28. The van der Waals surface area contributed by atoms with Gasteiger partial charge in [-0.2, -0.15) is 0 Å². The molecule has 0 aliphatic carbocycles. The Balaban J connectivity index is 1.14. The van der Waals surface area contributed by atoms with Crippen LogP contribution in [0.5, 0.6) is 5.75 Å². The molecule has 0 radical (unpaired) electrons. The Labute approximate surface area is 188 Å². The summed E-state index contributed by atoms with van der Waals surface area (Å²) in [6, 6.07) is 13.8. The number of rotatable bonds is 8. The summed E-state index contributed by atoms with van der Waals surface area (Å²) in [5.74, 6) is 0.480. The smallest absolute Gasteiger partial charge is 0.261 e. The van der Waals surface area contributed by atoms with Crippen molar-refractivity contribution in [2.24, 2.45) is 0 Å². The van der Waals surface area contributed by atoms with Crippen molar-refractivity contribution < 1.29 is 14.3 Å². The third kappa shape index (κ3) is 3.91. The van der Waals surface area contributed by atoms with Crippen molar-refractivity contribution >= 4 is 22.7 Å². The monoisotopic (exact) mass is 431 g/mol. The topological polar surface area (TPSA) is 65.6 Å². The molecule has 0 bridgehead atoms. The average Bonchev–Trinajstić information content (AvgIpc) is 3.47. The Morgan fingerprint density at radius 2 is 1.84 bits per heavy atom. The predicted molar refractivity (Wildman–Crippen MR) is 124 cm³/mol. The van der Waals surface area contributed by atoms with Crippen molar-refractivity contribution in [2.45, 2.75) is 38.1 Å². The fraction of sp³-hybridized carbons (Fsp3) is 0.385. The van der Waals surface area contributed by atoms with Crippen molar-refractivity contribution in [1.29, 1.82) is 0 Å². The number of aromatic nitrogens is 1. The lowest BCUT2D eigenvalue weighted by atomic mass is 10.0. The lowest BCUT2D eigenvalue weighted by Crippen LogP contribution is -2.30. The van der Waals surface area contributed by atoms with Gasteiger partial charge >= 0.3 is 0 Å². The number of aromatic amines is 1. The second-order valence-electron chi connectivity index (χ2n) is 8.87. The summed E-state index contributed by atoms with van der Waals surface area (Å²) in [4.78, 5) is 32.1. The molecule has 0 saturated carbocycles. The zero-order valence-electron chi connectivity index (χ0n) is 18.5. The second-order valence-corrected chi connectivity index (χ2v) is 8.87. The van der Waals surface area contributed by atoms with Crippen LogP contribution in [0.25, 0.3) is 10.9 Å². The van der Waals surface area contributed by atoms with E-state index in [9.17, 15) is 9.59 Å². The Morgan fingerprint density at radius 1 is 1.06 bits per heavy atom. The van der Waals surface area contributed by atoms with Gasteiger partial charge in [-0.15, -0.1) is 0 Å². The number of nitrogens with zero attached hydrogens (tertiary/aromatic N) is 2. The maximum Gasteiger partial charge on any atom is 0.261 e. The van der Waals surface area contributed by atoms with Crippen molar-refractivity contribution in [3.8, 4) is 5.75 Å². The van der Waals surface area contributed by atoms with Crippen molar-refractivity contribution in [2.75, 3.05) is 26.7 Å². The molecule has 5 rings (SSSR count). The number of imide groups is 1. The number of hydrogen-bond donors (Lipinski definition) is 1. The molecular formula is C26H29N3O3. The summed E-state index contributed by atoms with van der Waals surface area (Å²) in [5.41, 5.74) is 3.50. The van der Waals surface area contributed by atoms with Crippen LogP contribution in [0.15, 0.2) is 48.7 Å². The van der Waals surface area contributed by atoms with Gasteiger partial charge in [-0.25, -0.2) is 0 Å². The molecule has 0 unspecified atom stereocenters. The third-order valence-electron chi connectivity index (χ3n) is 6.79. The molecule has 3 aromatic rings. The van der Waals surface area contributed by atoms with Gasteiger partial charge in [0.1, 0.15) is 5.75 Å². The standard InChI is InChI=1S/C26H29N3O3/c1-28-12-6-7-19(28)15-18-17-27-24-11-10-20(16-23(18)24)32-14-5-4-13-29-25(30)21-8-2-3-9-22(21)26(29)31/h2-3,8-11,16-17,19,27H,4-7,12-15H2,1H3/t19-/m1/s1. The highest BCUT2D eigenvalue weighted by atomic mass is 16.5. The molecule has 1 fully saturated rings. The molecule has 6 heteroatoms. The Hall–Kier alpha value is -3.12. The second kappa shape index (κ2) is 8.79. The van der Waals surface area contributed by atoms with Gasteiger partial charge in [0.15, 0.2) is 0 Å². The quantitative estimate of drug-likeness (QED) is 0.428. The largest absolute Gasteiger partial charge is 0.494 e. The van der Waals surface area contributed by atoms with Crippen LogP contribution in [0, 0.1) is 0 Å². The molecular weight excluding hydrogens is 402 g/mol. The van der Waals surface area contributed by atoms with Crippen LogP contribution in [0.4, 0.5) is 0 Å². The zero-order chi connectivity index (χ0) is 22.1. The molecule has 6 nitrogen and oxygen atoms in total. The fourth-order valence-electron chi connectivity index (χ4n) is 4.91. The van der Waals surface area contributed by atoms with E-state index < -0.39 is 0 Å². The molecule has 2 aliphatic rings. The number of H-pyrrole nitrogens is 1. The Morgan fingerprint density at radius 3 is 2.56 bits per heavy atom. The minimum Gasteiger partial charge on any atom is -0.494 e. The zero-order valence-corrected chi connectivity index (χ0v) is 18.5. The van der Waals surface area contributed by atoms with Crippen LogP contribution in [-0.2, 0) is 6.42 Å². The molecule has 0 spiro atoms. The number of amides is 2. The molecule has 1 atom stereocenters. The molecule has 3 heterocycles. The summed E-state index contributed by atoms with van der Waals surface area (Å²) in [7, 11) is 2.21.